The van der Waals surface area contributed by atoms with Gasteiger partial charge in [0.25, 0.3) is 0 Å². The van der Waals surface area contributed by atoms with Gasteiger partial charge in [-0.2, -0.15) is 0 Å². The Bertz CT molecular complexity index is 510. The molecule has 1 amide bonds. The minimum atomic E-state index is -0.189. The summed E-state index contributed by atoms with van der Waals surface area (Å²) in [5.74, 6) is 0. The van der Waals surface area contributed by atoms with Crippen molar-refractivity contribution in [3.05, 3.63) is 47.1 Å². The van der Waals surface area contributed by atoms with E-state index in [2.05, 4.69) is 10.3 Å². The van der Waals surface area contributed by atoms with Gasteiger partial charge in [0.15, 0.2) is 0 Å². The molecule has 0 atom stereocenters. The molecule has 1 aromatic carbocycles. The van der Waals surface area contributed by atoms with Crippen molar-refractivity contribution in [2.24, 2.45) is 0 Å². The number of hydrogen-bond acceptors (Lipinski definition) is 2. The molecular formula is C10H9N3O2. The molecule has 1 aromatic heterocycles. The highest BCUT2D eigenvalue weighted by Gasteiger charge is 1.98. The number of carbonyl (C=O) groups is 1. The van der Waals surface area contributed by atoms with Crippen molar-refractivity contribution in [2.75, 3.05) is 5.32 Å². The average Bonchev–Trinajstić information content (AvgIpc) is 2.66. The molecule has 0 unspecified atom stereocenters. The van der Waals surface area contributed by atoms with E-state index >= 15 is 0 Å². The lowest BCUT2D eigenvalue weighted by molar-refractivity contribution is -0.105. The lowest BCUT2D eigenvalue weighted by Crippen LogP contribution is -2.13. The number of rotatable bonds is 3. The summed E-state index contributed by atoms with van der Waals surface area (Å²) in [5.41, 5.74) is 1.25. The van der Waals surface area contributed by atoms with Gasteiger partial charge < -0.3 is 10.3 Å². The monoisotopic (exact) mass is 203 g/mol. The van der Waals surface area contributed by atoms with Crippen LogP contribution in [-0.2, 0) is 4.79 Å². The van der Waals surface area contributed by atoms with Gasteiger partial charge in [0, 0.05) is 18.1 Å². The van der Waals surface area contributed by atoms with Crippen LogP contribution in [0, 0.1) is 0 Å². The highest BCUT2D eigenvalue weighted by molar-refractivity contribution is 5.71. The SMILES string of the molecule is O=CNc1ccc(-n2cc[nH]c2=O)cc1. The van der Waals surface area contributed by atoms with Crippen LogP contribution in [0.1, 0.15) is 0 Å². The van der Waals surface area contributed by atoms with Crippen LogP contribution < -0.4 is 11.0 Å². The van der Waals surface area contributed by atoms with Crippen LogP contribution in [0.2, 0.25) is 0 Å². The Morgan fingerprint density at radius 2 is 2.00 bits per heavy atom. The molecule has 0 saturated carbocycles. The molecule has 5 nitrogen and oxygen atoms in total. The first-order valence-corrected chi connectivity index (χ1v) is 4.38. The number of aromatic nitrogens is 2. The number of hydrogen-bond donors (Lipinski definition) is 2. The van der Waals surface area contributed by atoms with Gasteiger partial charge in [-0.15, -0.1) is 0 Å². The molecule has 2 N–H and O–H groups in total. The second kappa shape index (κ2) is 3.83. The van der Waals surface area contributed by atoms with Crippen molar-refractivity contribution in [1.82, 2.24) is 9.55 Å². The Labute approximate surface area is 85.4 Å². The average molecular weight is 203 g/mol. The van der Waals surface area contributed by atoms with Gasteiger partial charge in [-0.05, 0) is 24.3 Å². The van der Waals surface area contributed by atoms with Crippen molar-refractivity contribution in [3.8, 4) is 5.69 Å². The summed E-state index contributed by atoms with van der Waals surface area (Å²) >= 11 is 0. The highest BCUT2D eigenvalue weighted by Crippen LogP contribution is 2.10. The van der Waals surface area contributed by atoms with Gasteiger partial charge in [0.05, 0.1) is 5.69 Å². The Morgan fingerprint density at radius 3 is 2.53 bits per heavy atom. The molecule has 0 radical (unpaired) electrons. The van der Waals surface area contributed by atoms with Gasteiger partial charge in [-0.25, -0.2) is 4.79 Å². The van der Waals surface area contributed by atoms with Crippen LogP contribution in [0.4, 0.5) is 5.69 Å². The number of aromatic amines is 1. The zero-order chi connectivity index (χ0) is 10.7. The van der Waals surface area contributed by atoms with Crippen molar-refractivity contribution in [1.29, 1.82) is 0 Å². The van der Waals surface area contributed by atoms with E-state index in [0.717, 1.165) is 5.69 Å². The van der Waals surface area contributed by atoms with E-state index in [-0.39, 0.29) is 5.69 Å². The number of nitrogens with one attached hydrogen (secondary N) is 2. The summed E-state index contributed by atoms with van der Waals surface area (Å²) in [6.45, 7) is 0. The second-order valence-corrected chi connectivity index (χ2v) is 2.94. The fourth-order valence-electron chi connectivity index (χ4n) is 1.31. The normalized spacial score (nSPS) is 9.87. The molecule has 0 fully saturated rings. The molecule has 0 aliphatic rings. The van der Waals surface area contributed by atoms with Gasteiger partial charge in [-0.3, -0.25) is 9.36 Å². The minimum absolute atomic E-state index is 0.189. The molecular weight excluding hydrogens is 194 g/mol. The van der Waals surface area contributed by atoms with E-state index < -0.39 is 0 Å². The Hall–Kier alpha value is -2.30. The van der Waals surface area contributed by atoms with E-state index in [4.69, 9.17) is 0 Å². The third-order valence-electron chi connectivity index (χ3n) is 2.02. The minimum Gasteiger partial charge on any atom is -0.329 e. The standard InChI is InChI=1S/C10H9N3O2/c14-7-12-8-1-3-9(4-2-8)13-6-5-11-10(13)15/h1-7H,(H,11,15)(H,12,14). The maximum atomic E-state index is 11.3. The summed E-state index contributed by atoms with van der Waals surface area (Å²) in [6.07, 6.45) is 3.82. The maximum absolute atomic E-state index is 11.3. The number of amides is 1. The van der Waals surface area contributed by atoms with Crippen LogP contribution >= 0.6 is 0 Å². The predicted octanol–water partition coefficient (Wildman–Crippen LogP) is 0.734. The molecule has 2 rings (SSSR count). The molecule has 0 bridgehead atoms. The number of H-pyrrole nitrogens is 1. The van der Waals surface area contributed by atoms with Crippen LogP contribution in [-0.4, -0.2) is 16.0 Å². The lowest BCUT2D eigenvalue weighted by atomic mass is 10.3. The molecule has 0 saturated heterocycles. The number of anilines is 1. The van der Waals surface area contributed by atoms with Gasteiger partial charge in [0.2, 0.25) is 6.41 Å². The summed E-state index contributed by atoms with van der Waals surface area (Å²) in [7, 11) is 0. The van der Waals surface area contributed by atoms with Crippen LogP contribution in [0.15, 0.2) is 41.5 Å². The summed E-state index contributed by atoms with van der Waals surface area (Å²) in [6, 6.07) is 6.95. The maximum Gasteiger partial charge on any atom is 0.330 e. The molecule has 2 aromatic rings. The first kappa shape index (κ1) is 9.26. The molecule has 0 spiro atoms. The molecule has 0 aliphatic heterocycles. The number of carbonyl (C=O) groups excluding carboxylic acids is 1. The first-order chi connectivity index (χ1) is 7.31. The zero-order valence-electron chi connectivity index (χ0n) is 7.81. The largest absolute Gasteiger partial charge is 0.330 e. The molecule has 0 aliphatic carbocycles. The summed E-state index contributed by atoms with van der Waals surface area (Å²) in [5, 5.41) is 2.52. The van der Waals surface area contributed by atoms with Crippen LogP contribution in [0.5, 0.6) is 0 Å². The second-order valence-electron chi connectivity index (χ2n) is 2.94. The van der Waals surface area contributed by atoms with E-state index in [1.807, 2.05) is 0 Å². The lowest BCUT2D eigenvalue weighted by Gasteiger charge is -2.02. The zero-order valence-corrected chi connectivity index (χ0v) is 7.81. The number of nitrogens with zero attached hydrogens (tertiary/aromatic N) is 1. The Kier molecular flexibility index (Phi) is 2.37. The smallest absolute Gasteiger partial charge is 0.329 e. The summed E-state index contributed by atoms with van der Waals surface area (Å²) < 4.78 is 1.48. The molecule has 76 valence electrons. The van der Waals surface area contributed by atoms with E-state index in [9.17, 15) is 9.59 Å². The Balaban J connectivity index is 2.35. The third-order valence-corrected chi connectivity index (χ3v) is 2.02. The fraction of sp³-hybridized carbons (Fsp3) is 0. The van der Waals surface area contributed by atoms with E-state index in [0.29, 0.717) is 12.1 Å². The molecule has 5 heteroatoms. The number of imidazole rings is 1. The fourth-order valence-corrected chi connectivity index (χ4v) is 1.31. The highest BCUT2D eigenvalue weighted by atomic mass is 16.1. The topological polar surface area (TPSA) is 66.9 Å². The van der Waals surface area contributed by atoms with Crippen LogP contribution in [0.25, 0.3) is 5.69 Å². The molecule has 15 heavy (non-hydrogen) atoms. The van der Waals surface area contributed by atoms with Crippen molar-refractivity contribution in [3.63, 3.8) is 0 Å². The number of benzene rings is 1. The van der Waals surface area contributed by atoms with Crippen molar-refractivity contribution in [2.45, 2.75) is 0 Å². The van der Waals surface area contributed by atoms with Gasteiger partial charge >= 0.3 is 5.69 Å². The van der Waals surface area contributed by atoms with Gasteiger partial charge in [0.1, 0.15) is 0 Å². The first-order valence-electron chi connectivity index (χ1n) is 4.38. The van der Waals surface area contributed by atoms with Crippen molar-refractivity contribution < 1.29 is 4.79 Å². The predicted molar refractivity (Wildman–Crippen MR) is 56.1 cm³/mol. The quantitative estimate of drug-likeness (QED) is 0.722. The Morgan fingerprint density at radius 1 is 1.27 bits per heavy atom. The molecule has 1 heterocycles. The summed E-state index contributed by atoms with van der Waals surface area (Å²) in [4.78, 5) is 24.0. The van der Waals surface area contributed by atoms with Crippen LogP contribution in [0.3, 0.4) is 0 Å². The third kappa shape index (κ3) is 1.80. The van der Waals surface area contributed by atoms with E-state index in [1.165, 1.54) is 4.57 Å². The van der Waals surface area contributed by atoms with Gasteiger partial charge in [-0.1, -0.05) is 0 Å². The van der Waals surface area contributed by atoms with E-state index in [1.54, 1.807) is 36.7 Å². The van der Waals surface area contributed by atoms with Crippen molar-refractivity contribution >= 4 is 12.1 Å².